The Morgan fingerprint density at radius 1 is 1.35 bits per heavy atom. The summed E-state index contributed by atoms with van der Waals surface area (Å²) in [5, 5.41) is 0. The van der Waals surface area contributed by atoms with Gasteiger partial charge in [-0.25, -0.2) is 13.8 Å². The Hall–Kier alpha value is -2.48. The first-order valence-electron chi connectivity index (χ1n) is 8.48. The summed E-state index contributed by atoms with van der Waals surface area (Å²) in [6, 6.07) is 7.19. The zero-order chi connectivity index (χ0) is 18.3. The molecule has 0 unspecified atom stereocenters. The second-order valence-corrected chi connectivity index (χ2v) is 6.84. The van der Waals surface area contributed by atoms with Crippen molar-refractivity contribution in [2.24, 2.45) is 0 Å². The smallest absolute Gasteiger partial charge is 0.282 e. The fraction of sp³-hybridized carbons (Fsp3) is 0.444. The van der Waals surface area contributed by atoms with Crippen molar-refractivity contribution in [2.45, 2.75) is 25.1 Å². The lowest BCUT2D eigenvalue weighted by molar-refractivity contribution is -0.170. The first-order chi connectivity index (χ1) is 12.5. The molecular formula is C18H20F2N4O2. The second-order valence-electron chi connectivity index (χ2n) is 6.84. The first-order valence-corrected chi connectivity index (χ1v) is 8.48. The summed E-state index contributed by atoms with van der Waals surface area (Å²) in [5.41, 5.74) is 1.92. The zero-order valence-corrected chi connectivity index (χ0v) is 14.4. The number of hydrogen-bond donors (Lipinski definition) is 0. The number of nitrogens with zero attached hydrogens (tertiary/aromatic N) is 4. The minimum Gasteiger partial charge on any atom is -0.496 e. The van der Waals surface area contributed by atoms with Gasteiger partial charge in [-0.05, 0) is 6.07 Å². The maximum absolute atomic E-state index is 13.2. The molecular weight excluding hydrogens is 342 g/mol. The number of amides is 1. The summed E-state index contributed by atoms with van der Waals surface area (Å²) in [4.78, 5) is 20.2. The zero-order valence-electron chi connectivity index (χ0n) is 14.4. The van der Waals surface area contributed by atoms with E-state index < -0.39 is 25.1 Å². The van der Waals surface area contributed by atoms with Crippen molar-refractivity contribution in [3.63, 3.8) is 0 Å². The van der Waals surface area contributed by atoms with Gasteiger partial charge in [0.1, 0.15) is 11.8 Å². The molecule has 2 aromatic rings. The third kappa shape index (κ3) is 3.05. The van der Waals surface area contributed by atoms with Crippen molar-refractivity contribution < 1.29 is 18.3 Å². The van der Waals surface area contributed by atoms with Gasteiger partial charge in [-0.2, -0.15) is 0 Å². The van der Waals surface area contributed by atoms with E-state index in [1.807, 2.05) is 24.3 Å². The van der Waals surface area contributed by atoms with E-state index in [4.69, 9.17) is 4.74 Å². The maximum atomic E-state index is 13.2. The summed E-state index contributed by atoms with van der Waals surface area (Å²) in [6.07, 6.45) is 3.33. The van der Waals surface area contributed by atoms with E-state index in [0.29, 0.717) is 19.6 Å². The second kappa shape index (κ2) is 6.35. The van der Waals surface area contributed by atoms with E-state index in [2.05, 4.69) is 9.88 Å². The number of methoxy groups -OCH3 is 1. The van der Waals surface area contributed by atoms with Crippen LogP contribution >= 0.6 is 0 Å². The number of hydrogen-bond acceptors (Lipinski definition) is 4. The number of carbonyl (C=O) groups is 1. The summed E-state index contributed by atoms with van der Waals surface area (Å²) in [5.74, 6) is -2.25. The first kappa shape index (κ1) is 17.0. The van der Waals surface area contributed by atoms with Crippen LogP contribution in [0.4, 0.5) is 8.78 Å². The Labute approximate surface area is 150 Å². The number of ether oxygens (including phenoxy) is 1. The molecule has 1 amide bonds. The van der Waals surface area contributed by atoms with E-state index in [1.165, 1.54) is 4.90 Å². The fourth-order valence-corrected chi connectivity index (χ4v) is 3.63. The van der Waals surface area contributed by atoms with Gasteiger partial charge in [-0.15, -0.1) is 0 Å². The number of carbonyl (C=O) groups excluding carboxylic acids is 1. The summed E-state index contributed by atoms with van der Waals surface area (Å²) in [7, 11) is 1.63. The van der Waals surface area contributed by atoms with Gasteiger partial charge in [0, 0.05) is 31.4 Å². The van der Waals surface area contributed by atoms with Crippen LogP contribution in [0.3, 0.4) is 0 Å². The fourth-order valence-electron chi connectivity index (χ4n) is 3.63. The Morgan fingerprint density at radius 2 is 2.12 bits per heavy atom. The highest BCUT2D eigenvalue weighted by atomic mass is 19.3. The Morgan fingerprint density at radius 3 is 2.85 bits per heavy atom. The predicted molar refractivity (Wildman–Crippen MR) is 89.9 cm³/mol. The average molecular weight is 362 g/mol. The maximum Gasteiger partial charge on any atom is 0.282 e. The quantitative estimate of drug-likeness (QED) is 0.834. The van der Waals surface area contributed by atoms with Crippen LogP contribution in [0.1, 0.15) is 17.3 Å². The number of aromatic nitrogens is 2. The van der Waals surface area contributed by atoms with Crippen LogP contribution in [0.5, 0.6) is 5.75 Å². The molecule has 1 aromatic heterocycles. The van der Waals surface area contributed by atoms with Crippen LogP contribution in [-0.4, -0.2) is 57.9 Å². The van der Waals surface area contributed by atoms with Crippen LogP contribution in [0.25, 0.3) is 0 Å². The number of imidazole rings is 1. The molecule has 0 N–H and O–H groups in total. The summed E-state index contributed by atoms with van der Waals surface area (Å²) >= 11 is 0. The van der Waals surface area contributed by atoms with Crippen molar-refractivity contribution in [2.75, 3.05) is 26.7 Å². The number of para-hydroxylation sites is 1. The van der Waals surface area contributed by atoms with E-state index in [-0.39, 0.29) is 5.91 Å². The SMILES string of the molecule is COc1ccccc1CN1Cc2cncn2[C@H](C(=O)N2CC(F)(F)C2)C1. The monoisotopic (exact) mass is 362 g/mol. The molecule has 4 rings (SSSR count). The highest BCUT2D eigenvalue weighted by molar-refractivity contribution is 5.82. The third-order valence-corrected chi connectivity index (χ3v) is 4.93. The number of benzene rings is 1. The summed E-state index contributed by atoms with van der Waals surface area (Å²) < 4.78 is 33.5. The lowest BCUT2D eigenvalue weighted by Gasteiger charge is -2.42. The molecule has 1 fully saturated rings. The predicted octanol–water partition coefficient (Wildman–Crippen LogP) is 1.93. The number of alkyl halides is 2. The van der Waals surface area contributed by atoms with Gasteiger partial charge >= 0.3 is 0 Å². The number of rotatable bonds is 4. The molecule has 0 saturated carbocycles. The molecule has 2 aliphatic heterocycles. The molecule has 26 heavy (non-hydrogen) atoms. The van der Waals surface area contributed by atoms with Gasteiger partial charge in [-0.1, -0.05) is 18.2 Å². The summed E-state index contributed by atoms with van der Waals surface area (Å²) in [6.45, 7) is 0.688. The Kier molecular flexibility index (Phi) is 4.14. The van der Waals surface area contributed by atoms with Crippen molar-refractivity contribution in [3.8, 4) is 5.75 Å². The molecule has 3 heterocycles. The normalized spacial score (nSPS) is 21.8. The standard InChI is InChI=1S/C18H20F2N4O2/c1-26-16-5-3-2-4-13(16)7-22-8-14-6-21-12-24(14)15(9-22)17(25)23-10-18(19,20)11-23/h2-6,12,15H,7-11H2,1H3/t15-/m0/s1. The molecule has 1 atom stereocenters. The van der Waals surface area contributed by atoms with Gasteiger partial charge in [-0.3, -0.25) is 9.69 Å². The molecule has 138 valence electrons. The number of halogens is 2. The van der Waals surface area contributed by atoms with E-state index in [1.54, 1.807) is 24.2 Å². The third-order valence-electron chi connectivity index (χ3n) is 4.93. The van der Waals surface area contributed by atoms with Crippen molar-refractivity contribution in [1.29, 1.82) is 0 Å². The van der Waals surface area contributed by atoms with E-state index >= 15 is 0 Å². The van der Waals surface area contributed by atoms with Gasteiger partial charge in [0.05, 0.1) is 32.2 Å². The van der Waals surface area contributed by atoms with Crippen LogP contribution in [0.15, 0.2) is 36.8 Å². The van der Waals surface area contributed by atoms with Crippen LogP contribution in [-0.2, 0) is 17.9 Å². The molecule has 8 heteroatoms. The topological polar surface area (TPSA) is 50.6 Å². The minimum absolute atomic E-state index is 0.278. The average Bonchev–Trinajstić information content (AvgIpc) is 3.07. The van der Waals surface area contributed by atoms with E-state index in [9.17, 15) is 13.6 Å². The molecule has 6 nitrogen and oxygen atoms in total. The lowest BCUT2D eigenvalue weighted by atomic mass is 10.1. The molecule has 1 saturated heterocycles. The van der Waals surface area contributed by atoms with Crippen molar-refractivity contribution in [1.82, 2.24) is 19.4 Å². The number of fused-ring (bicyclic) bond motifs is 1. The van der Waals surface area contributed by atoms with Crippen LogP contribution in [0, 0.1) is 0 Å². The molecule has 0 bridgehead atoms. The largest absolute Gasteiger partial charge is 0.496 e. The van der Waals surface area contributed by atoms with Gasteiger partial charge in [0.2, 0.25) is 5.91 Å². The van der Waals surface area contributed by atoms with Crippen LogP contribution in [0.2, 0.25) is 0 Å². The Balaban J connectivity index is 1.54. The highest BCUT2D eigenvalue weighted by Gasteiger charge is 2.48. The molecule has 0 aliphatic carbocycles. The molecule has 1 aromatic carbocycles. The number of likely N-dealkylation sites (tertiary alicyclic amines) is 1. The van der Waals surface area contributed by atoms with Gasteiger partial charge in [0.25, 0.3) is 5.92 Å². The van der Waals surface area contributed by atoms with Crippen molar-refractivity contribution in [3.05, 3.63) is 48.0 Å². The minimum atomic E-state index is -2.76. The van der Waals surface area contributed by atoms with Gasteiger partial charge in [0.15, 0.2) is 0 Å². The van der Waals surface area contributed by atoms with Crippen LogP contribution < -0.4 is 4.74 Å². The molecule has 0 spiro atoms. The van der Waals surface area contributed by atoms with E-state index in [0.717, 1.165) is 17.0 Å². The van der Waals surface area contributed by atoms with Gasteiger partial charge < -0.3 is 14.2 Å². The molecule has 2 aliphatic rings. The molecule has 0 radical (unpaired) electrons. The Bertz CT molecular complexity index is 815. The van der Waals surface area contributed by atoms with Crippen molar-refractivity contribution >= 4 is 5.91 Å². The lowest BCUT2D eigenvalue weighted by Crippen LogP contribution is -2.61. The highest BCUT2D eigenvalue weighted by Crippen LogP contribution is 2.32.